The minimum Gasteiger partial charge on any atom is -0.418 e. The Balaban J connectivity index is 2.19. The minimum absolute atomic E-state index is 0.00537. The van der Waals surface area contributed by atoms with Crippen LogP contribution in [0.4, 0.5) is 0 Å². The van der Waals surface area contributed by atoms with Gasteiger partial charge in [0.15, 0.2) is 0 Å². The van der Waals surface area contributed by atoms with Gasteiger partial charge in [0.2, 0.25) is 17.6 Å². The van der Waals surface area contributed by atoms with Crippen molar-refractivity contribution in [2.24, 2.45) is 0 Å². The summed E-state index contributed by atoms with van der Waals surface area (Å²) in [7, 11) is 0. The third-order valence-electron chi connectivity index (χ3n) is 3.27. The first kappa shape index (κ1) is 15.2. The summed E-state index contributed by atoms with van der Waals surface area (Å²) in [4.78, 5) is 25.8. The minimum atomic E-state index is -0.478. The molecule has 110 valence electrons. The second-order valence-electron chi connectivity index (χ2n) is 5.91. The van der Waals surface area contributed by atoms with Crippen LogP contribution in [0.25, 0.3) is 0 Å². The average molecular weight is 344 g/mol. The molecule has 0 saturated carbocycles. The zero-order valence-electron chi connectivity index (χ0n) is 11.9. The third kappa shape index (κ3) is 2.92. The number of carbonyl (C=O) groups excluding carboxylic acids is 2. The van der Waals surface area contributed by atoms with E-state index in [1.165, 1.54) is 0 Å². The Labute approximate surface area is 126 Å². The molecule has 1 aromatic rings. The van der Waals surface area contributed by atoms with Gasteiger partial charge in [0.05, 0.1) is 5.33 Å². The maximum Gasteiger partial charge on any atom is 0.286 e. The summed E-state index contributed by atoms with van der Waals surface area (Å²) >= 11 is 3.13. The van der Waals surface area contributed by atoms with E-state index < -0.39 is 6.04 Å². The Bertz CT molecular complexity index is 521. The van der Waals surface area contributed by atoms with Crippen molar-refractivity contribution in [1.29, 1.82) is 0 Å². The standard InChI is InChI=1S/C13H18BrN3O3/c1-13(2,3)12-16-15-11(20-12)10(19)8-5-4-6-17(8)9(18)7-14/h8H,4-7H2,1-3H3/t8-/m0/s1. The monoisotopic (exact) mass is 343 g/mol. The molecule has 2 heterocycles. The van der Waals surface area contributed by atoms with Gasteiger partial charge in [0.1, 0.15) is 6.04 Å². The number of amides is 1. The molecule has 0 unspecified atom stereocenters. The Hall–Kier alpha value is -1.24. The van der Waals surface area contributed by atoms with Crippen molar-refractivity contribution in [3.8, 4) is 0 Å². The van der Waals surface area contributed by atoms with Gasteiger partial charge >= 0.3 is 0 Å². The number of likely N-dealkylation sites (tertiary alicyclic amines) is 1. The summed E-state index contributed by atoms with van der Waals surface area (Å²) in [5.74, 6) is 0.0719. The van der Waals surface area contributed by atoms with Crippen LogP contribution < -0.4 is 0 Å². The van der Waals surface area contributed by atoms with Crippen LogP contribution in [0.2, 0.25) is 0 Å². The van der Waals surface area contributed by atoms with Crippen LogP contribution in [-0.2, 0) is 10.2 Å². The predicted molar refractivity (Wildman–Crippen MR) is 75.9 cm³/mol. The van der Waals surface area contributed by atoms with E-state index in [1.807, 2.05) is 20.8 Å². The van der Waals surface area contributed by atoms with E-state index in [9.17, 15) is 9.59 Å². The molecule has 1 saturated heterocycles. The van der Waals surface area contributed by atoms with E-state index in [0.29, 0.717) is 18.9 Å². The van der Waals surface area contributed by atoms with Crippen LogP contribution in [0, 0.1) is 0 Å². The Kier molecular flexibility index (Phi) is 4.27. The lowest BCUT2D eigenvalue weighted by molar-refractivity contribution is -0.128. The maximum absolute atomic E-state index is 12.4. The summed E-state index contributed by atoms with van der Waals surface area (Å²) in [6, 6.07) is -0.478. The van der Waals surface area contributed by atoms with Crippen LogP contribution in [-0.4, -0.2) is 44.7 Å². The van der Waals surface area contributed by atoms with E-state index in [0.717, 1.165) is 6.42 Å². The van der Waals surface area contributed by atoms with E-state index in [4.69, 9.17) is 4.42 Å². The predicted octanol–water partition coefficient (Wildman–Crippen LogP) is 1.94. The topological polar surface area (TPSA) is 76.3 Å². The number of alkyl halides is 1. The van der Waals surface area contributed by atoms with Gasteiger partial charge in [-0.3, -0.25) is 9.59 Å². The van der Waals surface area contributed by atoms with Crippen molar-refractivity contribution in [3.63, 3.8) is 0 Å². The average Bonchev–Trinajstić information content (AvgIpc) is 3.04. The molecule has 0 aliphatic carbocycles. The highest BCUT2D eigenvalue weighted by Gasteiger charge is 2.37. The molecule has 1 aliphatic heterocycles. The fourth-order valence-electron chi connectivity index (χ4n) is 2.18. The zero-order valence-corrected chi connectivity index (χ0v) is 13.4. The quantitative estimate of drug-likeness (QED) is 0.619. The largest absolute Gasteiger partial charge is 0.418 e. The number of carbonyl (C=O) groups is 2. The van der Waals surface area contributed by atoms with Crippen LogP contribution in [0.15, 0.2) is 4.42 Å². The Morgan fingerprint density at radius 1 is 1.40 bits per heavy atom. The van der Waals surface area contributed by atoms with E-state index >= 15 is 0 Å². The van der Waals surface area contributed by atoms with E-state index in [1.54, 1.807) is 4.90 Å². The van der Waals surface area contributed by atoms with Crippen LogP contribution >= 0.6 is 15.9 Å². The van der Waals surface area contributed by atoms with Gasteiger partial charge in [-0.1, -0.05) is 36.7 Å². The first-order chi connectivity index (χ1) is 9.34. The number of hydrogen-bond acceptors (Lipinski definition) is 5. The molecule has 0 aromatic carbocycles. The summed E-state index contributed by atoms with van der Waals surface area (Å²) in [5, 5.41) is 7.97. The van der Waals surface area contributed by atoms with Crippen molar-refractivity contribution >= 4 is 27.6 Å². The van der Waals surface area contributed by atoms with Crippen molar-refractivity contribution in [2.45, 2.75) is 45.1 Å². The molecule has 0 spiro atoms. The second kappa shape index (κ2) is 5.63. The zero-order chi connectivity index (χ0) is 14.9. The van der Waals surface area contributed by atoms with Gasteiger partial charge in [-0.2, -0.15) is 0 Å². The van der Waals surface area contributed by atoms with Gasteiger partial charge in [-0.25, -0.2) is 0 Å². The molecule has 1 atom stereocenters. The first-order valence-corrected chi connectivity index (χ1v) is 7.70. The molecule has 1 fully saturated rings. The molecule has 1 aromatic heterocycles. The van der Waals surface area contributed by atoms with Crippen molar-refractivity contribution in [1.82, 2.24) is 15.1 Å². The molecule has 1 aliphatic rings. The highest BCUT2D eigenvalue weighted by atomic mass is 79.9. The van der Waals surface area contributed by atoms with Gasteiger partial charge in [0.25, 0.3) is 5.89 Å². The molecule has 7 heteroatoms. The molecule has 1 amide bonds. The number of nitrogens with zero attached hydrogens (tertiary/aromatic N) is 3. The molecule has 0 N–H and O–H groups in total. The smallest absolute Gasteiger partial charge is 0.286 e. The van der Waals surface area contributed by atoms with Crippen LogP contribution in [0.1, 0.15) is 50.2 Å². The molecule has 0 radical (unpaired) electrons. The van der Waals surface area contributed by atoms with Crippen LogP contribution in [0.3, 0.4) is 0 Å². The SMILES string of the molecule is CC(C)(C)c1nnc(C(=O)[C@@H]2CCCN2C(=O)CBr)o1. The lowest BCUT2D eigenvalue weighted by Crippen LogP contribution is -2.41. The molecule has 0 bridgehead atoms. The first-order valence-electron chi connectivity index (χ1n) is 6.58. The summed E-state index contributed by atoms with van der Waals surface area (Å²) in [6.45, 7) is 6.40. The maximum atomic E-state index is 12.4. The van der Waals surface area contributed by atoms with Gasteiger partial charge in [0, 0.05) is 12.0 Å². The van der Waals surface area contributed by atoms with Gasteiger partial charge in [-0.05, 0) is 12.8 Å². The summed E-state index contributed by atoms with van der Waals surface area (Å²) < 4.78 is 5.46. The Morgan fingerprint density at radius 2 is 2.10 bits per heavy atom. The molecule has 2 rings (SSSR count). The molecule has 20 heavy (non-hydrogen) atoms. The lowest BCUT2D eigenvalue weighted by atomic mass is 9.97. The van der Waals surface area contributed by atoms with Crippen LogP contribution in [0.5, 0.6) is 0 Å². The fraction of sp³-hybridized carbons (Fsp3) is 0.692. The normalized spacial score (nSPS) is 19.4. The number of rotatable bonds is 3. The van der Waals surface area contributed by atoms with E-state index in [2.05, 4.69) is 26.1 Å². The number of halogens is 1. The van der Waals surface area contributed by atoms with Crippen molar-refractivity contribution < 1.29 is 14.0 Å². The van der Waals surface area contributed by atoms with Crippen molar-refractivity contribution in [3.05, 3.63) is 11.8 Å². The summed E-state index contributed by atoms with van der Waals surface area (Å²) in [5.41, 5.74) is -0.299. The highest BCUT2D eigenvalue weighted by Crippen LogP contribution is 2.24. The third-order valence-corrected chi connectivity index (χ3v) is 3.75. The number of aromatic nitrogens is 2. The molecular formula is C13H18BrN3O3. The Morgan fingerprint density at radius 3 is 2.65 bits per heavy atom. The second-order valence-corrected chi connectivity index (χ2v) is 6.47. The number of ketones is 1. The highest BCUT2D eigenvalue weighted by molar-refractivity contribution is 9.09. The van der Waals surface area contributed by atoms with E-state index in [-0.39, 0.29) is 28.3 Å². The molecule has 6 nitrogen and oxygen atoms in total. The number of hydrogen-bond donors (Lipinski definition) is 0. The number of Topliss-reactive ketones (excluding diaryl/α,β-unsaturated/α-hetero) is 1. The summed E-state index contributed by atoms with van der Waals surface area (Å²) in [6.07, 6.45) is 1.46. The van der Waals surface area contributed by atoms with Gasteiger partial charge in [-0.15, -0.1) is 10.2 Å². The fourth-order valence-corrected chi connectivity index (χ4v) is 2.51. The molecular weight excluding hydrogens is 326 g/mol. The van der Waals surface area contributed by atoms with Crippen molar-refractivity contribution in [2.75, 3.05) is 11.9 Å². The lowest BCUT2D eigenvalue weighted by Gasteiger charge is -2.21. The van der Waals surface area contributed by atoms with Gasteiger partial charge < -0.3 is 9.32 Å².